The van der Waals surface area contributed by atoms with Gasteiger partial charge in [-0.25, -0.2) is 0 Å². The smallest absolute Gasteiger partial charge is 0.295 e. The third kappa shape index (κ3) is 4.20. The molecule has 1 aromatic carbocycles. The fourth-order valence-corrected chi connectivity index (χ4v) is 3.21. The number of likely N-dealkylation sites (tertiary alicyclic amines) is 1. The fourth-order valence-electron chi connectivity index (χ4n) is 3.21. The Morgan fingerprint density at radius 1 is 1.21 bits per heavy atom. The van der Waals surface area contributed by atoms with Crippen LogP contribution >= 0.6 is 0 Å². The van der Waals surface area contributed by atoms with Gasteiger partial charge in [-0.15, -0.1) is 0 Å². The first-order valence-electron chi connectivity index (χ1n) is 9.10. The molecule has 1 aromatic heterocycles. The zero-order valence-electron chi connectivity index (χ0n) is 16.1. The Bertz CT molecular complexity index is 922. The van der Waals surface area contributed by atoms with Crippen LogP contribution in [0.15, 0.2) is 67.0 Å². The molecule has 1 atom stereocenters. The molecule has 1 aliphatic heterocycles. The SMILES string of the molecule is C=CCOc1ccc(/C(O)=C2\C(=O)C(=O)N(CCOC)[C@H]2c2ccncc2)cc1. The Hall–Kier alpha value is -3.45. The van der Waals surface area contributed by atoms with Gasteiger partial charge in [-0.2, -0.15) is 0 Å². The van der Waals surface area contributed by atoms with E-state index in [0.29, 0.717) is 23.5 Å². The van der Waals surface area contributed by atoms with Crippen LogP contribution in [0.1, 0.15) is 17.2 Å². The average molecular weight is 394 g/mol. The third-order valence-corrected chi connectivity index (χ3v) is 4.59. The number of carbonyl (C=O) groups excluding carboxylic acids is 2. The first kappa shape index (κ1) is 20.3. The summed E-state index contributed by atoms with van der Waals surface area (Å²) in [6, 6.07) is 9.36. The second-order valence-corrected chi connectivity index (χ2v) is 6.39. The lowest BCUT2D eigenvalue weighted by Gasteiger charge is -2.24. The van der Waals surface area contributed by atoms with Crippen molar-refractivity contribution in [1.82, 2.24) is 9.88 Å². The lowest BCUT2D eigenvalue weighted by Crippen LogP contribution is -2.32. The number of aliphatic hydroxyl groups excluding tert-OH is 1. The minimum Gasteiger partial charge on any atom is -0.507 e. The highest BCUT2D eigenvalue weighted by atomic mass is 16.5. The number of methoxy groups -OCH3 is 1. The molecular formula is C22H22N2O5. The number of carbonyl (C=O) groups is 2. The lowest BCUT2D eigenvalue weighted by molar-refractivity contribution is -0.140. The van der Waals surface area contributed by atoms with Crippen molar-refractivity contribution in [3.8, 4) is 5.75 Å². The number of hydrogen-bond donors (Lipinski definition) is 1. The number of hydrogen-bond acceptors (Lipinski definition) is 6. The molecule has 2 heterocycles. The van der Waals surface area contributed by atoms with Crippen LogP contribution in [0, 0.1) is 0 Å². The molecule has 0 unspecified atom stereocenters. The summed E-state index contributed by atoms with van der Waals surface area (Å²) in [7, 11) is 1.52. The van der Waals surface area contributed by atoms with Crippen molar-refractivity contribution < 1.29 is 24.2 Å². The minimum absolute atomic E-state index is 0.0389. The van der Waals surface area contributed by atoms with Crippen molar-refractivity contribution in [3.05, 3.63) is 78.1 Å². The van der Waals surface area contributed by atoms with E-state index in [-0.39, 0.29) is 24.5 Å². The van der Waals surface area contributed by atoms with Crippen LogP contribution in [0.3, 0.4) is 0 Å². The van der Waals surface area contributed by atoms with Gasteiger partial charge in [0.05, 0.1) is 18.2 Å². The third-order valence-electron chi connectivity index (χ3n) is 4.59. The normalized spacial score (nSPS) is 18.1. The van der Waals surface area contributed by atoms with E-state index in [2.05, 4.69) is 11.6 Å². The van der Waals surface area contributed by atoms with E-state index >= 15 is 0 Å². The summed E-state index contributed by atoms with van der Waals surface area (Å²) in [6.07, 6.45) is 4.79. The van der Waals surface area contributed by atoms with Crippen LogP contribution in [-0.2, 0) is 14.3 Å². The van der Waals surface area contributed by atoms with Gasteiger partial charge in [-0.1, -0.05) is 12.7 Å². The van der Waals surface area contributed by atoms with Crippen LogP contribution in [0.25, 0.3) is 5.76 Å². The van der Waals surface area contributed by atoms with Gasteiger partial charge in [0.25, 0.3) is 11.7 Å². The standard InChI is InChI=1S/C22H22N2O5/c1-3-13-29-17-6-4-16(5-7-17)20(25)18-19(15-8-10-23-11-9-15)24(12-14-28-2)22(27)21(18)26/h3-11,19,25H,1,12-14H2,2H3/b20-18+/t19-/m0/s1. The number of ether oxygens (including phenoxy) is 2. The van der Waals surface area contributed by atoms with Gasteiger partial charge in [-0.3, -0.25) is 14.6 Å². The molecule has 2 aromatic rings. The number of Topliss-reactive ketones (excluding diaryl/α,β-unsaturated/α-hetero) is 1. The summed E-state index contributed by atoms with van der Waals surface area (Å²) in [5.41, 5.74) is 1.14. The molecule has 1 aliphatic rings. The Kier molecular flexibility index (Phi) is 6.41. The second kappa shape index (κ2) is 9.16. The van der Waals surface area contributed by atoms with E-state index in [1.165, 1.54) is 12.0 Å². The summed E-state index contributed by atoms with van der Waals surface area (Å²) in [5, 5.41) is 10.9. The van der Waals surface area contributed by atoms with Crippen LogP contribution < -0.4 is 4.74 Å². The molecule has 7 nitrogen and oxygen atoms in total. The molecule has 1 saturated heterocycles. The summed E-state index contributed by atoms with van der Waals surface area (Å²) < 4.78 is 10.5. The van der Waals surface area contributed by atoms with Gasteiger partial charge < -0.3 is 19.5 Å². The molecule has 150 valence electrons. The maximum absolute atomic E-state index is 12.8. The summed E-state index contributed by atoms with van der Waals surface area (Å²) in [5.74, 6) is -1.03. The van der Waals surface area contributed by atoms with Crippen molar-refractivity contribution >= 4 is 17.4 Å². The number of ketones is 1. The van der Waals surface area contributed by atoms with E-state index in [1.807, 2.05) is 0 Å². The Morgan fingerprint density at radius 3 is 2.52 bits per heavy atom. The van der Waals surface area contributed by atoms with Gasteiger partial charge in [0, 0.05) is 31.6 Å². The van der Waals surface area contributed by atoms with Gasteiger partial charge in [-0.05, 0) is 42.0 Å². The van der Waals surface area contributed by atoms with Crippen LogP contribution in [0.4, 0.5) is 0 Å². The van der Waals surface area contributed by atoms with Crippen molar-refractivity contribution in [2.75, 3.05) is 26.9 Å². The van der Waals surface area contributed by atoms with Crippen LogP contribution in [-0.4, -0.2) is 53.5 Å². The number of aliphatic hydroxyl groups is 1. The number of nitrogens with zero attached hydrogens (tertiary/aromatic N) is 2. The van der Waals surface area contributed by atoms with Gasteiger partial charge in [0.2, 0.25) is 0 Å². The average Bonchev–Trinajstić information content (AvgIpc) is 3.01. The number of amides is 1. The first-order chi connectivity index (χ1) is 14.1. The zero-order chi connectivity index (χ0) is 20.8. The molecule has 0 saturated carbocycles. The predicted octanol–water partition coefficient (Wildman–Crippen LogP) is 2.71. The summed E-state index contributed by atoms with van der Waals surface area (Å²) in [6.45, 7) is 4.44. The quantitative estimate of drug-likeness (QED) is 0.321. The Labute approximate surface area is 168 Å². The lowest BCUT2D eigenvalue weighted by atomic mass is 9.96. The highest BCUT2D eigenvalue weighted by Gasteiger charge is 2.45. The number of pyridine rings is 1. The van der Waals surface area contributed by atoms with Crippen molar-refractivity contribution in [3.63, 3.8) is 0 Å². The van der Waals surface area contributed by atoms with Crippen molar-refractivity contribution in [1.29, 1.82) is 0 Å². The maximum Gasteiger partial charge on any atom is 0.295 e. The molecule has 0 radical (unpaired) electrons. The van der Waals surface area contributed by atoms with E-state index in [1.54, 1.807) is 54.9 Å². The topological polar surface area (TPSA) is 89.0 Å². The molecule has 7 heteroatoms. The number of aromatic nitrogens is 1. The molecular weight excluding hydrogens is 372 g/mol. The highest BCUT2D eigenvalue weighted by Crippen LogP contribution is 2.39. The van der Waals surface area contributed by atoms with E-state index < -0.39 is 17.7 Å². The highest BCUT2D eigenvalue weighted by molar-refractivity contribution is 6.46. The van der Waals surface area contributed by atoms with Crippen molar-refractivity contribution in [2.45, 2.75) is 6.04 Å². The molecule has 0 aliphatic carbocycles. The molecule has 1 N–H and O–H groups in total. The minimum atomic E-state index is -0.729. The number of rotatable bonds is 8. The van der Waals surface area contributed by atoms with Gasteiger partial charge in [0.1, 0.15) is 18.1 Å². The molecule has 1 fully saturated rings. The summed E-state index contributed by atoms with van der Waals surface area (Å²) >= 11 is 0. The maximum atomic E-state index is 12.8. The van der Waals surface area contributed by atoms with Crippen molar-refractivity contribution in [2.24, 2.45) is 0 Å². The van der Waals surface area contributed by atoms with E-state index in [4.69, 9.17) is 9.47 Å². The van der Waals surface area contributed by atoms with E-state index in [0.717, 1.165) is 0 Å². The Morgan fingerprint density at radius 2 is 1.90 bits per heavy atom. The summed E-state index contributed by atoms with van der Waals surface area (Å²) in [4.78, 5) is 30.8. The van der Waals surface area contributed by atoms with Gasteiger partial charge >= 0.3 is 0 Å². The molecule has 3 rings (SSSR count). The molecule has 0 spiro atoms. The molecule has 29 heavy (non-hydrogen) atoms. The molecule has 0 bridgehead atoms. The van der Waals surface area contributed by atoms with Gasteiger partial charge in [0.15, 0.2) is 0 Å². The monoisotopic (exact) mass is 394 g/mol. The van der Waals surface area contributed by atoms with Crippen LogP contribution in [0.2, 0.25) is 0 Å². The largest absolute Gasteiger partial charge is 0.507 e. The molecule has 1 amide bonds. The first-order valence-corrected chi connectivity index (χ1v) is 9.10. The van der Waals surface area contributed by atoms with Crippen LogP contribution in [0.5, 0.6) is 5.75 Å². The second-order valence-electron chi connectivity index (χ2n) is 6.39. The zero-order valence-corrected chi connectivity index (χ0v) is 16.1. The number of benzene rings is 1. The fraction of sp³-hybridized carbons (Fsp3) is 0.227. The Balaban J connectivity index is 2.04. The van der Waals surface area contributed by atoms with E-state index in [9.17, 15) is 14.7 Å². The predicted molar refractivity (Wildman–Crippen MR) is 107 cm³/mol.